The van der Waals surface area contributed by atoms with Gasteiger partial charge in [-0.3, -0.25) is 14.5 Å². The molecule has 0 bridgehead atoms. The fraction of sp³-hybridized carbons (Fsp3) is 0.115. The van der Waals surface area contributed by atoms with Gasteiger partial charge in [0.1, 0.15) is 21.6 Å². The first kappa shape index (κ1) is 23.7. The van der Waals surface area contributed by atoms with Crippen LogP contribution in [0.1, 0.15) is 18.4 Å². The van der Waals surface area contributed by atoms with Crippen molar-refractivity contribution in [2.75, 3.05) is 11.9 Å². The van der Waals surface area contributed by atoms with E-state index in [4.69, 9.17) is 17.0 Å². The average molecular weight is 493 g/mol. The zero-order valence-electron chi connectivity index (χ0n) is 18.1. The fourth-order valence-corrected chi connectivity index (χ4v) is 4.60. The van der Waals surface area contributed by atoms with E-state index in [1.54, 1.807) is 6.08 Å². The maximum atomic E-state index is 13.0. The molecule has 1 N–H and O–H groups in total. The van der Waals surface area contributed by atoms with Gasteiger partial charge in [-0.2, -0.15) is 0 Å². The molecule has 1 fully saturated rings. The number of halogens is 1. The van der Waals surface area contributed by atoms with Crippen LogP contribution in [0.4, 0.5) is 10.1 Å². The van der Waals surface area contributed by atoms with Crippen molar-refractivity contribution in [2.24, 2.45) is 0 Å². The van der Waals surface area contributed by atoms with Crippen LogP contribution in [0.3, 0.4) is 0 Å². The predicted molar refractivity (Wildman–Crippen MR) is 137 cm³/mol. The molecule has 0 aliphatic carbocycles. The SMILES string of the molecule is O=C(CCCN1C(=O)/C(=C/c2cccc(Oc3ccccc3)c2)SC1=S)Nc1ccc(F)cc1. The number of thioether (sulfide) groups is 1. The third-order valence-electron chi connectivity index (χ3n) is 4.92. The monoisotopic (exact) mass is 492 g/mol. The Bertz CT molecular complexity index is 1230. The Kier molecular flexibility index (Phi) is 7.72. The molecule has 0 unspecified atom stereocenters. The normalized spacial score (nSPS) is 14.5. The molecule has 4 rings (SSSR count). The van der Waals surface area contributed by atoms with Gasteiger partial charge in [0.15, 0.2) is 0 Å². The zero-order valence-corrected chi connectivity index (χ0v) is 19.7. The van der Waals surface area contributed by atoms with Gasteiger partial charge in [0.05, 0.1) is 4.91 Å². The van der Waals surface area contributed by atoms with E-state index in [0.717, 1.165) is 11.3 Å². The van der Waals surface area contributed by atoms with Crippen molar-refractivity contribution < 1.29 is 18.7 Å². The number of hydrogen-bond acceptors (Lipinski definition) is 5. The second kappa shape index (κ2) is 11.1. The second-order valence-electron chi connectivity index (χ2n) is 7.48. The van der Waals surface area contributed by atoms with Gasteiger partial charge in [0.2, 0.25) is 5.91 Å². The zero-order chi connectivity index (χ0) is 23.9. The maximum Gasteiger partial charge on any atom is 0.266 e. The van der Waals surface area contributed by atoms with Crippen LogP contribution >= 0.6 is 24.0 Å². The highest BCUT2D eigenvalue weighted by atomic mass is 32.2. The Morgan fingerprint density at radius 1 is 1.03 bits per heavy atom. The van der Waals surface area contributed by atoms with E-state index in [0.29, 0.717) is 33.6 Å². The molecule has 3 aromatic carbocycles. The van der Waals surface area contributed by atoms with Crippen molar-refractivity contribution >= 4 is 51.9 Å². The van der Waals surface area contributed by atoms with Crippen LogP contribution < -0.4 is 10.1 Å². The average Bonchev–Trinajstić information content (AvgIpc) is 3.09. The van der Waals surface area contributed by atoms with E-state index in [2.05, 4.69) is 5.32 Å². The molecule has 1 aliphatic heterocycles. The third kappa shape index (κ3) is 6.30. The summed E-state index contributed by atoms with van der Waals surface area (Å²) in [6.07, 6.45) is 2.46. The van der Waals surface area contributed by atoms with Crippen molar-refractivity contribution in [3.63, 3.8) is 0 Å². The predicted octanol–water partition coefficient (Wildman–Crippen LogP) is 6.24. The van der Waals surface area contributed by atoms with Gasteiger partial charge >= 0.3 is 0 Å². The molecule has 0 saturated carbocycles. The number of hydrogen-bond donors (Lipinski definition) is 1. The Labute approximate surface area is 206 Å². The number of thiocarbonyl (C=S) groups is 1. The molecule has 1 saturated heterocycles. The minimum Gasteiger partial charge on any atom is -0.457 e. The smallest absolute Gasteiger partial charge is 0.266 e. The summed E-state index contributed by atoms with van der Waals surface area (Å²) in [6.45, 7) is 0.343. The molecule has 0 spiro atoms. The molecule has 2 amide bonds. The molecule has 0 radical (unpaired) electrons. The minimum absolute atomic E-state index is 0.177. The fourth-order valence-electron chi connectivity index (χ4n) is 3.29. The van der Waals surface area contributed by atoms with Crippen molar-refractivity contribution in [1.29, 1.82) is 0 Å². The molecule has 172 valence electrons. The van der Waals surface area contributed by atoms with Gasteiger partial charge in [-0.15, -0.1) is 0 Å². The lowest BCUT2D eigenvalue weighted by atomic mass is 10.2. The van der Waals surface area contributed by atoms with Gasteiger partial charge in [-0.05, 0) is 66.6 Å². The lowest BCUT2D eigenvalue weighted by Crippen LogP contribution is -2.29. The first-order chi connectivity index (χ1) is 16.5. The summed E-state index contributed by atoms with van der Waals surface area (Å²) < 4.78 is 19.3. The van der Waals surface area contributed by atoms with Gasteiger partial charge in [0, 0.05) is 18.7 Å². The Morgan fingerprint density at radius 2 is 1.76 bits per heavy atom. The number of para-hydroxylation sites is 1. The van der Waals surface area contributed by atoms with Crippen molar-refractivity contribution in [1.82, 2.24) is 4.90 Å². The molecule has 8 heteroatoms. The standard InChI is InChI=1S/C26H21FN2O3S2/c27-19-11-13-20(14-12-19)28-24(30)10-5-15-29-25(31)23(34-26(29)33)17-18-6-4-9-22(16-18)32-21-7-2-1-3-8-21/h1-4,6-9,11-14,16-17H,5,10,15H2,(H,28,30)/b23-17-. The highest BCUT2D eigenvalue weighted by Crippen LogP contribution is 2.33. The van der Waals surface area contributed by atoms with E-state index < -0.39 is 0 Å². The Hall–Kier alpha value is -3.49. The Morgan fingerprint density at radius 3 is 2.53 bits per heavy atom. The van der Waals surface area contributed by atoms with Crippen LogP contribution in [-0.2, 0) is 9.59 Å². The maximum absolute atomic E-state index is 13.0. The van der Waals surface area contributed by atoms with E-state index in [-0.39, 0.29) is 24.1 Å². The molecule has 0 atom stereocenters. The first-order valence-corrected chi connectivity index (χ1v) is 11.8. The largest absolute Gasteiger partial charge is 0.457 e. The van der Waals surface area contributed by atoms with Crippen molar-refractivity contribution in [3.05, 3.63) is 95.1 Å². The van der Waals surface area contributed by atoms with Gasteiger partial charge in [-0.25, -0.2) is 4.39 Å². The number of benzene rings is 3. The van der Waals surface area contributed by atoms with Crippen molar-refractivity contribution in [2.45, 2.75) is 12.8 Å². The van der Waals surface area contributed by atoms with Crippen molar-refractivity contribution in [3.8, 4) is 11.5 Å². The summed E-state index contributed by atoms with van der Waals surface area (Å²) in [5, 5.41) is 2.71. The molecule has 34 heavy (non-hydrogen) atoms. The van der Waals surface area contributed by atoms with E-state index in [1.165, 1.54) is 40.9 Å². The highest BCUT2D eigenvalue weighted by molar-refractivity contribution is 8.26. The first-order valence-electron chi connectivity index (χ1n) is 10.6. The van der Waals surface area contributed by atoms with Crippen LogP contribution in [0.2, 0.25) is 0 Å². The molecule has 3 aromatic rings. The number of carbonyl (C=O) groups excluding carboxylic acids is 2. The minimum atomic E-state index is -0.365. The van der Waals surface area contributed by atoms with Gasteiger partial charge < -0.3 is 10.1 Å². The summed E-state index contributed by atoms with van der Waals surface area (Å²) in [5.74, 6) is 0.652. The third-order valence-corrected chi connectivity index (χ3v) is 6.30. The lowest BCUT2D eigenvalue weighted by molar-refractivity contribution is -0.122. The van der Waals surface area contributed by atoms with Crippen LogP contribution in [0.15, 0.2) is 83.8 Å². The van der Waals surface area contributed by atoms with E-state index in [1.807, 2.05) is 54.6 Å². The number of anilines is 1. The summed E-state index contributed by atoms with van der Waals surface area (Å²) in [6, 6.07) is 22.5. The molecular weight excluding hydrogens is 471 g/mol. The number of rotatable bonds is 8. The number of ether oxygens (including phenoxy) is 1. The van der Waals surface area contributed by atoms with Gasteiger partial charge in [0.25, 0.3) is 5.91 Å². The molecule has 1 aliphatic rings. The summed E-state index contributed by atoms with van der Waals surface area (Å²) in [7, 11) is 0. The Balaban J connectivity index is 1.33. The summed E-state index contributed by atoms with van der Waals surface area (Å²) in [4.78, 5) is 27.1. The van der Waals surface area contributed by atoms with Crippen LogP contribution in [0.5, 0.6) is 11.5 Å². The number of nitrogens with zero attached hydrogens (tertiary/aromatic N) is 1. The molecule has 1 heterocycles. The molecular formula is C26H21FN2O3S2. The number of amides is 2. The molecule has 5 nitrogen and oxygen atoms in total. The second-order valence-corrected chi connectivity index (χ2v) is 9.16. The molecule has 0 aromatic heterocycles. The number of nitrogens with one attached hydrogen (secondary N) is 1. The quantitative estimate of drug-likeness (QED) is 0.298. The van der Waals surface area contributed by atoms with E-state index in [9.17, 15) is 14.0 Å². The lowest BCUT2D eigenvalue weighted by Gasteiger charge is -2.14. The van der Waals surface area contributed by atoms with Gasteiger partial charge in [-0.1, -0.05) is 54.3 Å². The van der Waals surface area contributed by atoms with Crippen LogP contribution in [0.25, 0.3) is 6.08 Å². The summed E-state index contributed by atoms with van der Waals surface area (Å²) in [5.41, 5.74) is 1.35. The number of carbonyl (C=O) groups is 2. The van der Waals surface area contributed by atoms with Crippen LogP contribution in [-0.4, -0.2) is 27.6 Å². The van der Waals surface area contributed by atoms with Crippen LogP contribution in [0, 0.1) is 5.82 Å². The summed E-state index contributed by atoms with van der Waals surface area (Å²) >= 11 is 6.63. The highest BCUT2D eigenvalue weighted by Gasteiger charge is 2.31. The topological polar surface area (TPSA) is 58.6 Å². The van der Waals surface area contributed by atoms with E-state index >= 15 is 0 Å².